The van der Waals surface area contributed by atoms with Gasteiger partial charge >= 0.3 is 11.9 Å². The summed E-state index contributed by atoms with van der Waals surface area (Å²) in [5, 5.41) is 41.0. The highest BCUT2D eigenvalue weighted by atomic mass is 16.7. The average molecular weight is 510 g/mol. The Labute approximate surface area is 212 Å². The maximum atomic E-state index is 12.7. The smallest absolute Gasteiger partial charge is 0.338 e. The van der Waals surface area contributed by atoms with Crippen molar-refractivity contribution in [1.29, 1.82) is 0 Å². The molecule has 1 saturated heterocycles. The summed E-state index contributed by atoms with van der Waals surface area (Å²) in [4.78, 5) is 25.1. The molecule has 0 amide bonds. The van der Waals surface area contributed by atoms with Crippen LogP contribution in [-0.2, 0) is 20.8 Å². The van der Waals surface area contributed by atoms with Crippen molar-refractivity contribution in [2.24, 2.45) is 0 Å². The van der Waals surface area contributed by atoms with Crippen LogP contribution in [0.1, 0.15) is 26.3 Å². The molecule has 0 aliphatic carbocycles. The minimum atomic E-state index is -1.68. The highest BCUT2D eigenvalue weighted by Gasteiger charge is 2.48. The molecule has 1 fully saturated rings. The molecule has 3 aromatic carbocycles. The fourth-order valence-electron chi connectivity index (χ4n) is 3.77. The average Bonchev–Trinajstić information content (AvgIpc) is 2.93. The Hall–Kier alpha value is -3.96. The number of aliphatic hydroxyl groups excluding tert-OH is 3. The molecule has 4 rings (SSSR count). The zero-order valence-electron chi connectivity index (χ0n) is 19.5. The van der Waals surface area contributed by atoms with E-state index in [1.165, 1.54) is 30.3 Å². The quantitative estimate of drug-likeness (QED) is 0.330. The fourth-order valence-corrected chi connectivity index (χ4v) is 3.77. The van der Waals surface area contributed by atoms with E-state index in [0.29, 0.717) is 0 Å². The van der Waals surface area contributed by atoms with Gasteiger partial charge in [0.1, 0.15) is 36.4 Å². The van der Waals surface area contributed by atoms with E-state index in [1.54, 1.807) is 48.5 Å². The normalized spacial score (nSPS) is 23.2. The first-order valence-corrected chi connectivity index (χ1v) is 11.5. The monoisotopic (exact) mass is 510 g/mol. The van der Waals surface area contributed by atoms with E-state index in [9.17, 15) is 30.0 Å². The first-order valence-electron chi connectivity index (χ1n) is 11.5. The van der Waals surface area contributed by atoms with Crippen molar-refractivity contribution >= 4 is 11.9 Å². The van der Waals surface area contributed by atoms with Gasteiger partial charge in [0.25, 0.3) is 0 Å². The van der Waals surface area contributed by atoms with Crippen molar-refractivity contribution in [3.63, 3.8) is 0 Å². The molecule has 1 aliphatic rings. The summed E-state index contributed by atoms with van der Waals surface area (Å²) in [7, 11) is 0. The maximum absolute atomic E-state index is 12.7. The number of rotatable bonds is 8. The molecule has 0 saturated carbocycles. The molecule has 1 aliphatic heterocycles. The number of carbonyl (C=O) groups excluding carboxylic acids is 2. The van der Waals surface area contributed by atoms with E-state index in [0.717, 1.165) is 0 Å². The van der Waals surface area contributed by atoms with E-state index < -0.39 is 55.9 Å². The van der Waals surface area contributed by atoms with E-state index in [4.69, 9.17) is 18.9 Å². The predicted molar refractivity (Wildman–Crippen MR) is 128 cm³/mol. The second kappa shape index (κ2) is 11.8. The third-order valence-corrected chi connectivity index (χ3v) is 5.74. The molecule has 0 aromatic heterocycles. The molecular formula is C27H26O10. The molecule has 0 unspecified atom stereocenters. The summed E-state index contributed by atoms with van der Waals surface area (Å²) in [6, 6.07) is 20.1. The van der Waals surface area contributed by atoms with E-state index in [1.807, 2.05) is 0 Å². The Kier molecular flexibility index (Phi) is 8.36. The fraction of sp³-hybridized carbons (Fsp3) is 0.259. The van der Waals surface area contributed by atoms with Crippen LogP contribution < -0.4 is 4.74 Å². The molecule has 10 heteroatoms. The highest BCUT2D eigenvalue weighted by molar-refractivity contribution is 5.89. The summed E-state index contributed by atoms with van der Waals surface area (Å²) in [6.07, 6.45) is -7.49. The lowest BCUT2D eigenvalue weighted by atomic mass is 9.98. The standard InChI is InChI=1S/C27H26O10/c28-14-18-13-19(29)11-12-20(18)35-27-24(37-26(33)17-9-5-2-6-10-17)23(31)22(30)21(36-27)15-34-25(32)16-7-3-1-4-8-16/h1-13,21-24,27-31H,14-15H2/t21-,22-,23+,24-,27-/m1/s1. The number of carbonyl (C=O) groups is 2. The van der Waals surface area contributed by atoms with Crippen LogP contribution in [0.15, 0.2) is 78.9 Å². The van der Waals surface area contributed by atoms with Gasteiger partial charge in [0, 0.05) is 5.56 Å². The number of benzene rings is 3. The van der Waals surface area contributed by atoms with Gasteiger partial charge in [-0.15, -0.1) is 0 Å². The molecule has 194 valence electrons. The van der Waals surface area contributed by atoms with Crippen molar-refractivity contribution < 1.29 is 49.0 Å². The molecule has 0 spiro atoms. The summed E-state index contributed by atoms with van der Waals surface area (Å²) in [5.41, 5.74) is 0.680. The van der Waals surface area contributed by atoms with Crippen LogP contribution >= 0.6 is 0 Å². The van der Waals surface area contributed by atoms with E-state index >= 15 is 0 Å². The molecule has 0 bridgehead atoms. The van der Waals surface area contributed by atoms with Crippen LogP contribution in [0, 0.1) is 0 Å². The number of aromatic hydroxyl groups is 1. The van der Waals surface area contributed by atoms with E-state index in [2.05, 4.69) is 0 Å². The first-order chi connectivity index (χ1) is 17.9. The van der Waals surface area contributed by atoms with Gasteiger partial charge in [-0.3, -0.25) is 0 Å². The Balaban J connectivity index is 1.55. The predicted octanol–water partition coefficient (Wildman–Crippen LogP) is 1.79. The second-order valence-corrected chi connectivity index (χ2v) is 8.29. The Morgan fingerprint density at radius 3 is 2.08 bits per heavy atom. The molecule has 3 aromatic rings. The number of esters is 2. The number of phenols is 1. The Bertz CT molecular complexity index is 1200. The SMILES string of the molecule is O=C(OC[C@H]1O[C@@H](Oc2ccc(O)cc2CO)[C@H](OC(=O)c2ccccc2)[C@@H](O)[C@@H]1O)c1ccccc1. The van der Waals surface area contributed by atoms with Crippen LogP contribution in [0.3, 0.4) is 0 Å². The van der Waals surface area contributed by atoms with Crippen LogP contribution in [0.4, 0.5) is 0 Å². The van der Waals surface area contributed by atoms with Crippen LogP contribution in [0.2, 0.25) is 0 Å². The third kappa shape index (κ3) is 6.25. The maximum Gasteiger partial charge on any atom is 0.338 e. The van der Waals surface area contributed by atoms with Gasteiger partial charge in [-0.1, -0.05) is 36.4 Å². The van der Waals surface area contributed by atoms with Crippen molar-refractivity contribution in [3.05, 3.63) is 95.6 Å². The summed E-state index contributed by atoms with van der Waals surface area (Å²) in [6.45, 7) is -0.929. The zero-order chi connectivity index (χ0) is 26.4. The lowest BCUT2D eigenvalue weighted by Crippen LogP contribution is -2.61. The second-order valence-electron chi connectivity index (χ2n) is 8.29. The topological polar surface area (TPSA) is 152 Å². The lowest BCUT2D eigenvalue weighted by molar-refractivity contribution is -0.276. The van der Waals surface area contributed by atoms with Gasteiger partial charge in [-0.2, -0.15) is 0 Å². The van der Waals surface area contributed by atoms with Crippen LogP contribution in [0.25, 0.3) is 0 Å². The van der Waals surface area contributed by atoms with Gasteiger partial charge in [-0.25, -0.2) is 9.59 Å². The molecule has 4 N–H and O–H groups in total. The van der Waals surface area contributed by atoms with Gasteiger partial charge in [0.2, 0.25) is 6.29 Å². The van der Waals surface area contributed by atoms with Crippen molar-refractivity contribution in [2.75, 3.05) is 6.61 Å². The number of hydrogen-bond acceptors (Lipinski definition) is 10. The van der Waals surface area contributed by atoms with Gasteiger partial charge < -0.3 is 39.4 Å². The van der Waals surface area contributed by atoms with Crippen LogP contribution in [0.5, 0.6) is 11.5 Å². The molecule has 1 heterocycles. The Morgan fingerprint density at radius 1 is 0.838 bits per heavy atom. The van der Waals surface area contributed by atoms with Crippen molar-refractivity contribution in [3.8, 4) is 11.5 Å². The molecule has 10 nitrogen and oxygen atoms in total. The molecule has 37 heavy (non-hydrogen) atoms. The Morgan fingerprint density at radius 2 is 1.46 bits per heavy atom. The molecule has 5 atom stereocenters. The molecule has 0 radical (unpaired) electrons. The number of ether oxygens (including phenoxy) is 4. The third-order valence-electron chi connectivity index (χ3n) is 5.74. The zero-order valence-corrected chi connectivity index (χ0v) is 19.5. The number of phenolic OH excluding ortho intramolecular Hbond substituents is 1. The summed E-state index contributed by atoms with van der Waals surface area (Å²) < 4.78 is 22.4. The lowest BCUT2D eigenvalue weighted by Gasteiger charge is -2.41. The molecular weight excluding hydrogens is 484 g/mol. The number of hydrogen-bond donors (Lipinski definition) is 4. The van der Waals surface area contributed by atoms with Crippen molar-refractivity contribution in [1.82, 2.24) is 0 Å². The van der Waals surface area contributed by atoms with E-state index in [-0.39, 0.29) is 28.2 Å². The largest absolute Gasteiger partial charge is 0.508 e. The highest BCUT2D eigenvalue weighted by Crippen LogP contribution is 2.30. The summed E-state index contributed by atoms with van der Waals surface area (Å²) in [5.74, 6) is -1.50. The minimum Gasteiger partial charge on any atom is -0.508 e. The summed E-state index contributed by atoms with van der Waals surface area (Å²) >= 11 is 0. The van der Waals surface area contributed by atoms with Crippen molar-refractivity contribution in [2.45, 2.75) is 37.3 Å². The van der Waals surface area contributed by atoms with Gasteiger partial charge in [0.15, 0.2) is 6.10 Å². The number of aliphatic hydroxyl groups is 3. The minimum absolute atomic E-state index is 0.0784. The first kappa shape index (κ1) is 26.1. The van der Waals surface area contributed by atoms with Gasteiger partial charge in [-0.05, 0) is 42.5 Å². The van der Waals surface area contributed by atoms with Gasteiger partial charge in [0.05, 0.1) is 17.7 Å². The van der Waals surface area contributed by atoms with Crippen LogP contribution in [-0.4, -0.2) is 69.7 Å².